The molecule has 3 heteroatoms. The molecular weight excluding hydrogens is 242 g/mol. The number of rotatable bonds is 5. The van der Waals surface area contributed by atoms with Crippen molar-refractivity contribution in [3.63, 3.8) is 0 Å². The highest BCUT2D eigenvalue weighted by Gasteiger charge is 2.13. The van der Waals surface area contributed by atoms with Gasteiger partial charge in [-0.3, -0.25) is 0 Å². The van der Waals surface area contributed by atoms with Crippen LogP contribution >= 0.6 is 11.3 Å². The Morgan fingerprint density at radius 3 is 2.72 bits per heavy atom. The van der Waals surface area contributed by atoms with Gasteiger partial charge in [0.1, 0.15) is 5.75 Å². The Morgan fingerprint density at radius 1 is 1.33 bits per heavy atom. The summed E-state index contributed by atoms with van der Waals surface area (Å²) in [5, 5.41) is 4.66. The first-order chi connectivity index (χ1) is 8.65. The summed E-state index contributed by atoms with van der Waals surface area (Å²) in [6.07, 6.45) is 1.14. The predicted molar refractivity (Wildman–Crippen MR) is 79.7 cm³/mol. The zero-order valence-corrected chi connectivity index (χ0v) is 12.4. The van der Waals surface area contributed by atoms with Crippen LogP contribution in [0.5, 0.6) is 5.75 Å². The van der Waals surface area contributed by atoms with Gasteiger partial charge < -0.3 is 10.1 Å². The molecule has 0 saturated heterocycles. The van der Waals surface area contributed by atoms with Gasteiger partial charge in [0.2, 0.25) is 0 Å². The molecule has 2 rings (SSSR count). The van der Waals surface area contributed by atoms with E-state index in [2.05, 4.69) is 37.4 Å². The molecule has 0 fully saturated rings. The summed E-state index contributed by atoms with van der Waals surface area (Å²) in [6.45, 7) is 5.50. The van der Waals surface area contributed by atoms with E-state index in [1.54, 1.807) is 7.11 Å². The normalized spacial score (nSPS) is 11.4. The van der Waals surface area contributed by atoms with Crippen LogP contribution in [0.15, 0.2) is 18.2 Å². The Balaban J connectivity index is 2.52. The van der Waals surface area contributed by atoms with E-state index in [4.69, 9.17) is 4.74 Å². The number of hydrogen-bond acceptors (Lipinski definition) is 3. The average Bonchev–Trinajstić information content (AvgIpc) is 2.66. The summed E-state index contributed by atoms with van der Waals surface area (Å²) in [4.78, 5) is 1.45. The van der Waals surface area contributed by atoms with Crippen LogP contribution in [0.4, 0.5) is 0 Å². The lowest BCUT2D eigenvalue weighted by molar-refractivity contribution is 0.415. The Morgan fingerprint density at radius 2 is 2.11 bits per heavy atom. The maximum absolute atomic E-state index is 5.30. The Kier molecular flexibility index (Phi) is 4.25. The van der Waals surface area contributed by atoms with Crippen molar-refractivity contribution in [3.05, 3.63) is 28.6 Å². The van der Waals surface area contributed by atoms with Gasteiger partial charge in [-0.15, -0.1) is 11.3 Å². The molecule has 1 aromatic heterocycles. The van der Waals surface area contributed by atoms with Crippen molar-refractivity contribution in [1.82, 2.24) is 5.32 Å². The van der Waals surface area contributed by atoms with Crippen LogP contribution < -0.4 is 10.1 Å². The number of ether oxygens (including phenoxy) is 1. The molecule has 0 radical (unpaired) electrons. The third kappa shape index (κ3) is 2.68. The lowest BCUT2D eigenvalue weighted by Crippen LogP contribution is -2.06. The maximum atomic E-state index is 5.30. The molecule has 0 atom stereocenters. The van der Waals surface area contributed by atoms with Crippen LogP contribution in [-0.2, 0) is 13.0 Å². The first kappa shape index (κ1) is 13.4. The fourth-order valence-corrected chi connectivity index (χ4v) is 3.52. The van der Waals surface area contributed by atoms with Crippen LogP contribution in [0.3, 0.4) is 0 Å². The molecule has 0 aliphatic carbocycles. The van der Waals surface area contributed by atoms with Crippen molar-refractivity contribution in [1.29, 1.82) is 0 Å². The van der Waals surface area contributed by atoms with E-state index < -0.39 is 0 Å². The summed E-state index contributed by atoms with van der Waals surface area (Å²) in [6, 6.07) is 6.40. The molecule has 0 aliphatic heterocycles. The fourth-order valence-electron chi connectivity index (χ4n) is 2.24. The number of hydrogen-bond donors (Lipinski definition) is 1. The average molecular weight is 263 g/mol. The zero-order valence-electron chi connectivity index (χ0n) is 11.5. The van der Waals surface area contributed by atoms with Gasteiger partial charge in [0.15, 0.2) is 0 Å². The summed E-state index contributed by atoms with van der Waals surface area (Å²) < 4.78 is 6.63. The monoisotopic (exact) mass is 263 g/mol. The molecule has 0 unspecified atom stereocenters. The van der Waals surface area contributed by atoms with Crippen molar-refractivity contribution in [2.75, 3.05) is 14.2 Å². The molecule has 18 heavy (non-hydrogen) atoms. The highest BCUT2D eigenvalue weighted by molar-refractivity contribution is 7.19. The van der Waals surface area contributed by atoms with Crippen molar-refractivity contribution < 1.29 is 4.74 Å². The van der Waals surface area contributed by atoms with E-state index in [0.29, 0.717) is 5.92 Å². The number of benzene rings is 1. The summed E-state index contributed by atoms with van der Waals surface area (Å²) in [5.41, 5.74) is 1.50. The van der Waals surface area contributed by atoms with E-state index in [1.807, 2.05) is 18.4 Å². The van der Waals surface area contributed by atoms with Crippen LogP contribution in [0.1, 0.15) is 24.3 Å². The second kappa shape index (κ2) is 5.72. The van der Waals surface area contributed by atoms with Gasteiger partial charge in [-0.05, 0) is 48.5 Å². The van der Waals surface area contributed by atoms with Gasteiger partial charge in [-0.25, -0.2) is 0 Å². The van der Waals surface area contributed by atoms with Crippen LogP contribution in [0.25, 0.3) is 10.1 Å². The molecule has 2 aromatic rings. The second-order valence-electron chi connectivity index (χ2n) is 4.99. The third-order valence-electron chi connectivity index (χ3n) is 3.03. The number of thiophene rings is 1. The van der Waals surface area contributed by atoms with Crippen LogP contribution in [0.2, 0.25) is 0 Å². The van der Waals surface area contributed by atoms with Crippen LogP contribution in [-0.4, -0.2) is 14.2 Å². The number of methoxy groups -OCH3 is 1. The number of nitrogens with one attached hydrogen (secondary N) is 1. The minimum absolute atomic E-state index is 0.681. The van der Waals surface area contributed by atoms with E-state index in [-0.39, 0.29) is 0 Å². The Bertz CT molecular complexity index is 531. The molecule has 1 N–H and O–H groups in total. The van der Waals surface area contributed by atoms with E-state index >= 15 is 0 Å². The zero-order chi connectivity index (χ0) is 13.1. The minimum atomic E-state index is 0.681. The van der Waals surface area contributed by atoms with Gasteiger partial charge in [0.25, 0.3) is 0 Å². The van der Waals surface area contributed by atoms with E-state index in [9.17, 15) is 0 Å². The SMILES string of the molecule is CNCc1sc2cc(OC)ccc2c1CC(C)C. The van der Waals surface area contributed by atoms with Crippen molar-refractivity contribution >= 4 is 21.4 Å². The van der Waals surface area contributed by atoms with Gasteiger partial charge in [-0.1, -0.05) is 13.8 Å². The second-order valence-corrected chi connectivity index (χ2v) is 6.13. The van der Waals surface area contributed by atoms with Gasteiger partial charge in [0.05, 0.1) is 7.11 Å². The highest BCUT2D eigenvalue weighted by atomic mass is 32.1. The third-order valence-corrected chi connectivity index (χ3v) is 4.23. The quantitative estimate of drug-likeness (QED) is 0.885. The number of fused-ring (bicyclic) bond motifs is 1. The molecule has 0 bridgehead atoms. The summed E-state index contributed by atoms with van der Waals surface area (Å²) >= 11 is 1.88. The maximum Gasteiger partial charge on any atom is 0.120 e. The van der Waals surface area contributed by atoms with Gasteiger partial charge in [0, 0.05) is 16.1 Å². The first-order valence-electron chi connectivity index (χ1n) is 6.38. The predicted octanol–water partition coefficient (Wildman–Crippen LogP) is 3.83. The highest BCUT2D eigenvalue weighted by Crippen LogP contribution is 2.35. The van der Waals surface area contributed by atoms with Gasteiger partial charge >= 0.3 is 0 Å². The molecule has 0 amide bonds. The molecule has 98 valence electrons. The van der Waals surface area contributed by atoms with Gasteiger partial charge in [-0.2, -0.15) is 0 Å². The lowest BCUT2D eigenvalue weighted by Gasteiger charge is -2.07. The van der Waals surface area contributed by atoms with Crippen molar-refractivity contribution in [2.24, 2.45) is 5.92 Å². The standard InChI is InChI=1S/C15H21NOS/c1-10(2)7-13-12-6-5-11(17-4)8-14(12)18-15(13)9-16-3/h5-6,8,10,16H,7,9H2,1-4H3. The Hall–Kier alpha value is -1.06. The molecule has 0 aliphatic rings. The molecule has 2 nitrogen and oxygen atoms in total. The van der Waals surface area contributed by atoms with Crippen LogP contribution in [0, 0.1) is 5.92 Å². The molecular formula is C15H21NOS. The van der Waals surface area contributed by atoms with E-state index in [1.165, 1.54) is 20.5 Å². The fraction of sp³-hybridized carbons (Fsp3) is 0.467. The topological polar surface area (TPSA) is 21.3 Å². The molecule has 0 saturated carbocycles. The largest absolute Gasteiger partial charge is 0.497 e. The first-order valence-corrected chi connectivity index (χ1v) is 7.20. The van der Waals surface area contributed by atoms with Crippen molar-refractivity contribution in [3.8, 4) is 5.75 Å². The molecule has 1 aromatic carbocycles. The Labute approximate surface area is 113 Å². The molecule has 0 spiro atoms. The smallest absolute Gasteiger partial charge is 0.120 e. The summed E-state index contributed by atoms with van der Waals surface area (Å²) in [5.74, 6) is 1.62. The minimum Gasteiger partial charge on any atom is -0.497 e. The van der Waals surface area contributed by atoms with E-state index in [0.717, 1.165) is 18.7 Å². The van der Waals surface area contributed by atoms with Crippen molar-refractivity contribution in [2.45, 2.75) is 26.8 Å². The lowest BCUT2D eigenvalue weighted by atomic mass is 10.00. The summed E-state index contributed by atoms with van der Waals surface area (Å²) in [7, 11) is 3.72. The molecule has 1 heterocycles.